The topological polar surface area (TPSA) is 45.7 Å². The number of ether oxygens (including phenoxy) is 1. The smallest absolute Gasteiger partial charge is 0.269 e. The molecular formula is C64H46N6O. The quantitative estimate of drug-likeness (QED) is 0.118. The molecule has 0 unspecified atom stereocenters. The second kappa shape index (κ2) is 15.7. The van der Waals surface area contributed by atoms with Crippen LogP contribution in [0, 0.1) is 6.33 Å². The lowest BCUT2D eigenvalue weighted by Crippen LogP contribution is -2.30. The van der Waals surface area contributed by atoms with E-state index in [0.717, 1.165) is 89.6 Å². The lowest BCUT2D eigenvalue weighted by molar-refractivity contribution is -0.572. The number of rotatable bonds is 7. The van der Waals surface area contributed by atoms with E-state index < -0.39 is 0 Å². The van der Waals surface area contributed by atoms with E-state index in [-0.39, 0.29) is 5.41 Å². The first kappa shape index (κ1) is 40.8. The summed E-state index contributed by atoms with van der Waals surface area (Å²) in [7, 11) is 0. The van der Waals surface area contributed by atoms with Crippen molar-refractivity contribution in [1.82, 2.24) is 23.3 Å². The number of hydrogen-bond acceptors (Lipinski definition) is 2. The summed E-state index contributed by atoms with van der Waals surface area (Å²) in [6, 6.07) is 77.8. The molecule has 0 radical (unpaired) electrons. The molecule has 0 spiro atoms. The number of imidazole rings is 1. The van der Waals surface area contributed by atoms with E-state index in [2.05, 4.69) is 262 Å². The summed E-state index contributed by atoms with van der Waals surface area (Å²) in [6.07, 6.45) is 5.75. The van der Waals surface area contributed by atoms with Crippen LogP contribution in [0.2, 0.25) is 0 Å². The molecule has 14 rings (SSSR count). The number of para-hydroxylation sites is 7. The zero-order valence-corrected chi connectivity index (χ0v) is 39.5. The van der Waals surface area contributed by atoms with Crippen LogP contribution < -0.4 is 9.30 Å². The SMILES string of the molecule is CC(C)(C)c1ccnc(-n2c3ccccc3c3ccc(Oc4cccc(-n5[c-][n+](-c6cc(-n7c8ccccc8c8ccccc87)cc(-n7c8ccccc8c8ccccc87)c6)c6ccccc65)c4)cc32)c1. The van der Waals surface area contributed by atoms with E-state index in [1.165, 1.54) is 32.5 Å². The molecule has 0 aliphatic heterocycles. The van der Waals surface area contributed by atoms with E-state index >= 15 is 0 Å². The highest BCUT2D eigenvalue weighted by Crippen LogP contribution is 2.39. The fraction of sp³-hybridized carbons (Fsp3) is 0.0625. The first-order valence-corrected chi connectivity index (χ1v) is 24.2. The molecule has 0 saturated heterocycles. The zero-order chi connectivity index (χ0) is 47.4. The molecule has 0 fully saturated rings. The zero-order valence-electron chi connectivity index (χ0n) is 39.5. The van der Waals surface area contributed by atoms with E-state index in [1.807, 2.05) is 12.3 Å². The second-order valence-corrected chi connectivity index (χ2v) is 19.5. The molecule has 0 aliphatic rings. The van der Waals surface area contributed by atoms with Crippen LogP contribution in [0.4, 0.5) is 0 Å². The van der Waals surface area contributed by atoms with Crippen LogP contribution in [0.1, 0.15) is 26.3 Å². The molecule has 338 valence electrons. The Morgan fingerprint density at radius 1 is 0.408 bits per heavy atom. The number of nitrogens with zero attached hydrogens (tertiary/aromatic N) is 6. The van der Waals surface area contributed by atoms with Gasteiger partial charge in [0.1, 0.15) is 17.3 Å². The molecule has 7 heteroatoms. The van der Waals surface area contributed by atoms with Gasteiger partial charge in [0.15, 0.2) is 0 Å². The molecule has 0 atom stereocenters. The Bertz CT molecular complexity index is 4200. The maximum absolute atomic E-state index is 6.80. The first-order valence-electron chi connectivity index (χ1n) is 24.2. The van der Waals surface area contributed by atoms with E-state index in [9.17, 15) is 0 Å². The van der Waals surface area contributed by atoms with Crippen molar-refractivity contribution in [1.29, 1.82) is 0 Å². The first-order chi connectivity index (χ1) is 34.8. The van der Waals surface area contributed by atoms with Gasteiger partial charge in [-0.25, -0.2) is 4.98 Å². The lowest BCUT2D eigenvalue weighted by atomic mass is 9.88. The van der Waals surface area contributed by atoms with Crippen molar-refractivity contribution < 1.29 is 9.30 Å². The van der Waals surface area contributed by atoms with Gasteiger partial charge in [-0.2, -0.15) is 0 Å². The van der Waals surface area contributed by atoms with Crippen molar-refractivity contribution in [2.24, 2.45) is 0 Å². The molecule has 0 amide bonds. The minimum atomic E-state index is -0.0224. The van der Waals surface area contributed by atoms with Crippen LogP contribution in [-0.2, 0) is 5.41 Å². The van der Waals surface area contributed by atoms with Gasteiger partial charge < -0.3 is 13.9 Å². The maximum Gasteiger partial charge on any atom is 0.269 e. The highest BCUT2D eigenvalue weighted by Gasteiger charge is 2.21. The minimum Gasteiger partial charge on any atom is -0.458 e. The Labute approximate surface area is 409 Å². The normalized spacial score (nSPS) is 12.2. The monoisotopic (exact) mass is 914 g/mol. The fourth-order valence-electron chi connectivity index (χ4n) is 10.9. The third-order valence-electron chi connectivity index (χ3n) is 14.2. The summed E-state index contributed by atoms with van der Waals surface area (Å²) >= 11 is 0. The number of benzene rings is 9. The number of hydrogen-bond donors (Lipinski definition) is 0. The van der Waals surface area contributed by atoms with Gasteiger partial charge in [-0.15, -0.1) is 0 Å². The molecule has 0 bridgehead atoms. The molecule has 0 saturated carbocycles. The Hall–Kier alpha value is -9.20. The summed E-state index contributed by atoms with van der Waals surface area (Å²) < 4.78 is 18.2. The Balaban J connectivity index is 0.921. The van der Waals surface area contributed by atoms with Crippen molar-refractivity contribution in [2.45, 2.75) is 26.2 Å². The van der Waals surface area contributed by atoms with Gasteiger partial charge in [0.2, 0.25) is 0 Å². The molecule has 9 aromatic carbocycles. The highest BCUT2D eigenvalue weighted by molar-refractivity contribution is 6.11. The molecule has 5 aromatic heterocycles. The maximum atomic E-state index is 6.80. The highest BCUT2D eigenvalue weighted by atomic mass is 16.5. The minimum absolute atomic E-state index is 0.0224. The van der Waals surface area contributed by atoms with Gasteiger partial charge in [-0.1, -0.05) is 142 Å². The van der Waals surface area contributed by atoms with Gasteiger partial charge in [0.25, 0.3) is 6.33 Å². The predicted molar refractivity (Wildman–Crippen MR) is 290 cm³/mol. The van der Waals surface area contributed by atoms with Crippen molar-refractivity contribution in [3.05, 3.63) is 236 Å². The molecule has 0 N–H and O–H groups in total. The van der Waals surface area contributed by atoms with Crippen LogP contribution in [0.15, 0.2) is 225 Å². The molecule has 5 heterocycles. The van der Waals surface area contributed by atoms with Gasteiger partial charge in [0.05, 0.1) is 55.5 Å². The van der Waals surface area contributed by atoms with Crippen LogP contribution in [0.5, 0.6) is 11.5 Å². The summed E-state index contributed by atoms with van der Waals surface area (Å²) in [6.45, 7) is 6.71. The molecule has 14 aromatic rings. The van der Waals surface area contributed by atoms with Crippen molar-refractivity contribution >= 4 is 76.5 Å². The third kappa shape index (κ3) is 6.50. The summed E-state index contributed by atoms with van der Waals surface area (Å²) in [5.41, 5.74) is 14.0. The van der Waals surface area contributed by atoms with Crippen LogP contribution in [-0.4, -0.2) is 23.3 Å². The summed E-state index contributed by atoms with van der Waals surface area (Å²) in [4.78, 5) is 4.90. The van der Waals surface area contributed by atoms with Crippen molar-refractivity contribution in [2.75, 3.05) is 0 Å². The third-order valence-corrected chi connectivity index (χ3v) is 14.2. The summed E-state index contributed by atoms with van der Waals surface area (Å²) in [5, 5.41) is 7.19. The van der Waals surface area contributed by atoms with Crippen LogP contribution >= 0.6 is 0 Å². The number of aromatic nitrogens is 6. The number of fused-ring (bicyclic) bond motifs is 10. The van der Waals surface area contributed by atoms with E-state index in [4.69, 9.17) is 9.72 Å². The molecule has 7 nitrogen and oxygen atoms in total. The van der Waals surface area contributed by atoms with Gasteiger partial charge in [-0.3, -0.25) is 13.7 Å². The average molecular weight is 915 g/mol. The molecular weight excluding hydrogens is 869 g/mol. The Kier molecular flexibility index (Phi) is 9.01. The average Bonchev–Trinajstić information content (AvgIpc) is 4.15. The molecule has 0 aliphatic carbocycles. The van der Waals surface area contributed by atoms with E-state index in [0.29, 0.717) is 0 Å². The second-order valence-electron chi connectivity index (χ2n) is 19.5. The standard InChI is InChI=1S/C64H46N6O/c1-64(2,3)42-33-34-65-63(35-42)70-59-28-13-8-23-53(59)54-32-31-48(40-62(54)70)71-47-18-16-17-43(39-47)66-41-67(61-30-15-14-29-60(61)66)44-36-45(68-55-24-9-4-19-49(55)50-20-5-10-25-56(50)68)38-46(37-44)69-57-26-11-6-21-51(57)52-22-7-12-27-58(52)69/h4-40H,1-3H3. The molecule has 71 heavy (non-hydrogen) atoms. The lowest BCUT2D eigenvalue weighted by Gasteiger charge is -2.20. The predicted octanol–water partition coefficient (Wildman–Crippen LogP) is 15.5. The van der Waals surface area contributed by atoms with Gasteiger partial charge in [0, 0.05) is 56.0 Å². The Morgan fingerprint density at radius 2 is 0.901 bits per heavy atom. The summed E-state index contributed by atoms with van der Waals surface area (Å²) in [5.74, 6) is 2.34. The van der Waals surface area contributed by atoms with Crippen molar-refractivity contribution in [3.8, 4) is 40.1 Å². The Morgan fingerprint density at radius 3 is 1.46 bits per heavy atom. The van der Waals surface area contributed by atoms with Gasteiger partial charge in [-0.05, 0) is 102 Å². The van der Waals surface area contributed by atoms with Crippen LogP contribution in [0.3, 0.4) is 0 Å². The number of pyridine rings is 1. The fourth-order valence-corrected chi connectivity index (χ4v) is 10.9. The largest absolute Gasteiger partial charge is 0.458 e. The van der Waals surface area contributed by atoms with Crippen LogP contribution in [0.25, 0.3) is 105 Å². The van der Waals surface area contributed by atoms with Crippen molar-refractivity contribution in [3.63, 3.8) is 0 Å². The van der Waals surface area contributed by atoms with E-state index in [1.54, 1.807) is 0 Å². The van der Waals surface area contributed by atoms with Gasteiger partial charge >= 0.3 is 0 Å².